The predicted octanol–water partition coefficient (Wildman–Crippen LogP) is 4.14. The van der Waals surface area contributed by atoms with Gasteiger partial charge in [0.2, 0.25) is 6.79 Å². The smallest absolute Gasteiger partial charge is 0.320 e. The van der Waals surface area contributed by atoms with Crippen LogP contribution in [0, 0.1) is 0 Å². The fraction of sp³-hybridized carbons (Fsp3) is 0.174. The number of aromatic nitrogens is 3. The maximum atomic E-state index is 5.90. The molecule has 4 aromatic rings. The molecule has 0 radical (unpaired) electrons. The molecule has 0 saturated heterocycles. The molecule has 0 atom stereocenters. The van der Waals surface area contributed by atoms with E-state index in [-0.39, 0.29) is 12.8 Å². The highest BCUT2D eigenvalue weighted by atomic mass is 16.7. The Bertz CT molecular complexity index is 1320. The first-order valence-electron chi connectivity index (χ1n) is 10.3. The molecule has 2 aliphatic heterocycles. The summed E-state index contributed by atoms with van der Waals surface area (Å²) >= 11 is 0. The summed E-state index contributed by atoms with van der Waals surface area (Å²) in [6.07, 6.45) is 1.72. The first-order chi connectivity index (χ1) is 16.2. The molecule has 2 aromatic heterocycles. The molecular formula is C23H19N5O5. The molecule has 1 N–H and O–H groups in total. The maximum absolute atomic E-state index is 5.90. The lowest BCUT2D eigenvalue weighted by molar-refractivity contribution is 0.171. The van der Waals surface area contributed by atoms with Crippen molar-refractivity contribution < 1.29 is 23.4 Å². The van der Waals surface area contributed by atoms with Gasteiger partial charge in [-0.05, 0) is 36.4 Å². The Morgan fingerprint density at radius 3 is 2.58 bits per heavy atom. The molecule has 0 bridgehead atoms. The molecule has 0 spiro atoms. The highest BCUT2D eigenvalue weighted by Gasteiger charge is 2.20. The fourth-order valence-corrected chi connectivity index (χ4v) is 3.67. The van der Waals surface area contributed by atoms with Crippen LogP contribution in [-0.2, 0) is 0 Å². The van der Waals surface area contributed by atoms with Gasteiger partial charge in [0.05, 0.1) is 5.56 Å². The standard InChI is InChI=1S/C23H19N5O5/c1-28(15-5-7-18-20(12-15)32-13-31-18)21-16(3-2-8-24-21)22-26-27-23(33-22)25-14-4-6-17-19(11-14)30-10-9-29-17/h2-8,11-12H,9-10,13H2,1H3,(H,25,27). The van der Waals surface area contributed by atoms with E-state index in [4.69, 9.17) is 23.4 Å². The number of nitrogens with zero attached hydrogens (tertiary/aromatic N) is 4. The Hall–Kier alpha value is -4.47. The number of hydrogen-bond acceptors (Lipinski definition) is 10. The lowest BCUT2D eigenvalue weighted by atomic mass is 10.2. The van der Waals surface area contributed by atoms with Crippen LogP contribution in [0.1, 0.15) is 0 Å². The van der Waals surface area contributed by atoms with Crippen LogP contribution in [0.4, 0.5) is 23.2 Å². The number of anilines is 4. The summed E-state index contributed by atoms with van der Waals surface area (Å²) in [5, 5.41) is 11.5. The average Bonchev–Trinajstić information content (AvgIpc) is 3.52. The number of pyridine rings is 1. The fourth-order valence-electron chi connectivity index (χ4n) is 3.67. The lowest BCUT2D eigenvalue weighted by Gasteiger charge is -2.20. The van der Waals surface area contributed by atoms with Crippen LogP contribution >= 0.6 is 0 Å². The predicted molar refractivity (Wildman–Crippen MR) is 119 cm³/mol. The van der Waals surface area contributed by atoms with Crippen LogP contribution in [0.25, 0.3) is 11.5 Å². The Kier molecular flexibility index (Phi) is 4.60. The summed E-state index contributed by atoms with van der Waals surface area (Å²) in [4.78, 5) is 6.47. The summed E-state index contributed by atoms with van der Waals surface area (Å²) in [6.45, 7) is 1.28. The Morgan fingerprint density at radius 2 is 1.64 bits per heavy atom. The van der Waals surface area contributed by atoms with Crippen molar-refractivity contribution in [2.75, 3.05) is 37.3 Å². The van der Waals surface area contributed by atoms with Crippen molar-refractivity contribution in [3.8, 4) is 34.5 Å². The van der Waals surface area contributed by atoms with Crippen LogP contribution in [0.5, 0.6) is 23.0 Å². The molecule has 2 aliphatic rings. The van der Waals surface area contributed by atoms with Gasteiger partial charge in [0, 0.05) is 36.8 Å². The number of benzene rings is 2. The quantitative estimate of drug-likeness (QED) is 0.482. The third-order valence-corrected chi connectivity index (χ3v) is 5.30. The summed E-state index contributed by atoms with van der Waals surface area (Å²) < 4.78 is 28.0. The first kappa shape index (κ1) is 19.2. The van der Waals surface area contributed by atoms with Gasteiger partial charge in [-0.15, -0.1) is 5.10 Å². The molecule has 0 unspecified atom stereocenters. The first-order valence-corrected chi connectivity index (χ1v) is 10.3. The SMILES string of the molecule is CN(c1ccc2c(c1)OCO2)c1ncccc1-c1nnc(Nc2ccc3c(c2)OCCO3)o1. The monoisotopic (exact) mass is 445 g/mol. The van der Waals surface area contributed by atoms with Gasteiger partial charge >= 0.3 is 6.01 Å². The molecular weight excluding hydrogens is 426 g/mol. The Labute approximate surface area is 188 Å². The van der Waals surface area contributed by atoms with Crippen LogP contribution in [0.3, 0.4) is 0 Å². The second-order valence-corrected chi connectivity index (χ2v) is 7.37. The lowest BCUT2D eigenvalue weighted by Crippen LogP contribution is -2.15. The van der Waals surface area contributed by atoms with E-state index >= 15 is 0 Å². The van der Waals surface area contributed by atoms with E-state index < -0.39 is 0 Å². The summed E-state index contributed by atoms with van der Waals surface area (Å²) in [5.41, 5.74) is 2.33. The minimum atomic E-state index is 0.221. The zero-order chi connectivity index (χ0) is 22.2. The van der Waals surface area contributed by atoms with Crippen molar-refractivity contribution >= 4 is 23.2 Å². The van der Waals surface area contributed by atoms with E-state index in [0.717, 1.165) is 17.1 Å². The minimum absolute atomic E-state index is 0.221. The van der Waals surface area contributed by atoms with Crippen LogP contribution in [-0.4, -0.2) is 42.2 Å². The normalized spacial score (nSPS) is 13.6. The molecule has 33 heavy (non-hydrogen) atoms. The molecule has 0 fully saturated rings. The molecule has 0 aliphatic carbocycles. The van der Waals surface area contributed by atoms with Gasteiger partial charge in [-0.1, -0.05) is 5.10 Å². The minimum Gasteiger partial charge on any atom is -0.486 e. The van der Waals surface area contributed by atoms with E-state index in [1.54, 1.807) is 6.20 Å². The molecule has 166 valence electrons. The Balaban J connectivity index is 1.27. The van der Waals surface area contributed by atoms with Crippen molar-refractivity contribution in [3.63, 3.8) is 0 Å². The topological polar surface area (TPSA) is 104 Å². The van der Waals surface area contributed by atoms with Gasteiger partial charge in [-0.3, -0.25) is 0 Å². The van der Waals surface area contributed by atoms with Crippen molar-refractivity contribution in [2.45, 2.75) is 0 Å². The maximum Gasteiger partial charge on any atom is 0.320 e. The third-order valence-electron chi connectivity index (χ3n) is 5.30. The number of hydrogen-bond donors (Lipinski definition) is 1. The van der Waals surface area contributed by atoms with Crippen molar-refractivity contribution in [2.24, 2.45) is 0 Å². The third kappa shape index (κ3) is 3.61. The molecule has 0 saturated carbocycles. The van der Waals surface area contributed by atoms with E-state index in [1.165, 1.54) is 0 Å². The van der Waals surface area contributed by atoms with E-state index in [9.17, 15) is 0 Å². The van der Waals surface area contributed by atoms with E-state index in [0.29, 0.717) is 47.7 Å². The molecule has 10 nitrogen and oxygen atoms in total. The number of nitrogens with one attached hydrogen (secondary N) is 1. The highest BCUT2D eigenvalue weighted by Crippen LogP contribution is 2.39. The van der Waals surface area contributed by atoms with Gasteiger partial charge in [-0.25, -0.2) is 4.98 Å². The van der Waals surface area contributed by atoms with Gasteiger partial charge in [0.15, 0.2) is 23.0 Å². The van der Waals surface area contributed by atoms with Crippen molar-refractivity contribution in [1.82, 2.24) is 15.2 Å². The van der Waals surface area contributed by atoms with Gasteiger partial charge in [0.1, 0.15) is 19.0 Å². The van der Waals surface area contributed by atoms with Crippen LogP contribution in [0.2, 0.25) is 0 Å². The highest BCUT2D eigenvalue weighted by molar-refractivity contribution is 5.76. The van der Waals surface area contributed by atoms with Crippen LogP contribution in [0.15, 0.2) is 59.1 Å². The summed E-state index contributed by atoms with van der Waals surface area (Å²) in [6, 6.07) is 15.2. The second-order valence-electron chi connectivity index (χ2n) is 7.37. The molecule has 6 rings (SSSR count). The van der Waals surface area contributed by atoms with E-state index in [1.807, 2.05) is 60.5 Å². The summed E-state index contributed by atoms with van der Waals surface area (Å²) in [5.74, 6) is 3.80. The molecule has 4 heterocycles. The van der Waals surface area contributed by atoms with E-state index in [2.05, 4.69) is 20.5 Å². The van der Waals surface area contributed by atoms with Gasteiger partial charge < -0.3 is 33.6 Å². The van der Waals surface area contributed by atoms with Gasteiger partial charge in [0.25, 0.3) is 5.89 Å². The molecule has 0 amide bonds. The molecule has 10 heteroatoms. The second kappa shape index (κ2) is 7.90. The van der Waals surface area contributed by atoms with Crippen LogP contribution < -0.4 is 29.2 Å². The zero-order valence-corrected chi connectivity index (χ0v) is 17.6. The molecule has 2 aromatic carbocycles. The summed E-state index contributed by atoms with van der Waals surface area (Å²) in [7, 11) is 1.91. The number of fused-ring (bicyclic) bond motifs is 2. The van der Waals surface area contributed by atoms with Crippen molar-refractivity contribution in [1.29, 1.82) is 0 Å². The zero-order valence-electron chi connectivity index (χ0n) is 17.6. The van der Waals surface area contributed by atoms with Gasteiger partial charge in [-0.2, -0.15) is 0 Å². The number of rotatable bonds is 5. The number of ether oxygens (including phenoxy) is 4. The average molecular weight is 445 g/mol. The van der Waals surface area contributed by atoms with Crippen molar-refractivity contribution in [3.05, 3.63) is 54.7 Å². The largest absolute Gasteiger partial charge is 0.486 e. The Morgan fingerprint density at radius 1 is 0.848 bits per heavy atom.